The minimum Gasteiger partial charge on any atom is -0.493 e. The van der Waals surface area contributed by atoms with Crippen molar-refractivity contribution >= 4 is 55.1 Å². The molecule has 4 aromatic rings. The predicted molar refractivity (Wildman–Crippen MR) is 156 cm³/mol. The van der Waals surface area contributed by atoms with E-state index in [1.165, 1.54) is 11.1 Å². The molecule has 2 aliphatic rings. The number of hydrogen-bond donors (Lipinski definition) is 1. The maximum Gasteiger partial charge on any atom is 0.122 e. The number of halogens is 4. The Bertz CT molecular complexity index is 1440. The molecule has 0 aromatic heterocycles. The summed E-state index contributed by atoms with van der Waals surface area (Å²) in [6, 6.07) is 23.6. The molecule has 0 spiro atoms. The van der Waals surface area contributed by atoms with Crippen LogP contribution in [0.4, 0.5) is 0 Å². The van der Waals surface area contributed by atoms with E-state index in [4.69, 9.17) is 32.7 Å². The van der Waals surface area contributed by atoms with Crippen LogP contribution in [0.5, 0.6) is 11.5 Å². The summed E-state index contributed by atoms with van der Waals surface area (Å²) in [5.74, 6) is 1.94. The second kappa shape index (κ2) is 11.8. The van der Waals surface area contributed by atoms with E-state index in [9.17, 15) is 5.11 Å². The van der Waals surface area contributed by atoms with Gasteiger partial charge in [-0.2, -0.15) is 0 Å². The molecule has 6 rings (SSSR count). The van der Waals surface area contributed by atoms with Crippen molar-refractivity contribution in [3.63, 3.8) is 0 Å². The number of hydrogen-bond acceptors (Lipinski definition) is 3. The molecule has 3 nitrogen and oxygen atoms in total. The summed E-state index contributed by atoms with van der Waals surface area (Å²) in [6.45, 7) is 1.52. The maximum absolute atomic E-state index is 10.5. The summed E-state index contributed by atoms with van der Waals surface area (Å²) in [6.07, 6.45) is 2.03. The third-order valence-corrected chi connectivity index (χ3v) is 8.14. The number of rotatable bonds is 4. The van der Waals surface area contributed by atoms with Crippen molar-refractivity contribution in [1.82, 2.24) is 0 Å². The normalized spacial score (nSPS) is 14.1. The Morgan fingerprint density at radius 2 is 1.35 bits per heavy atom. The van der Waals surface area contributed by atoms with Gasteiger partial charge in [0, 0.05) is 37.4 Å². The van der Waals surface area contributed by atoms with Crippen molar-refractivity contribution in [2.24, 2.45) is 0 Å². The highest BCUT2D eigenvalue weighted by Crippen LogP contribution is 2.34. The zero-order chi connectivity index (χ0) is 25.9. The molecule has 2 aliphatic heterocycles. The van der Waals surface area contributed by atoms with Crippen molar-refractivity contribution in [1.29, 1.82) is 0 Å². The Hall–Kier alpha value is -2.02. The van der Waals surface area contributed by atoms with Crippen LogP contribution in [0.1, 0.15) is 39.5 Å². The van der Waals surface area contributed by atoms with Crippen LogP contribution in [0.3, 0.4) is 0 Å². The van der Waals surface area contributed by atoms with Gasteiger partial charge in [0.1, 0.15) is 17.6 Å². The quantitative estimate of drug-likeness (QED) is 0.238. The molecule has 0 saturated heterocycles. The molecule has 1 N–H and O–H groups in total. The Kier molecular flexibility index (Phi) is 8.47. The van der Waals surface area contributed by atoms with Crippen LogP contribution >= 0.6 is 55.1 Å². The van der Waals surface area contributed by atoms with E-state index in [1.54, 1.807) is 6.07 Å². The summed E-state index contributed by atoms with van der Waals surface area (Å²) in [5.41, 5.74) is 6.41. The fraction of sp³-hybridized carbons (Fsp3) is 0.200. The monoisotopic (exact) mass is 660 g/mol. The number of fused-ring (bicyclic) bond motifs is 2. The lowest BCUT2D eigenvalue weighted by atomic mass is 9.99. The molecule has 4 aromatic carbocycles. The van der Waals surface area contributed by atoms with Crippen LogP contribution in [0, 0.1) is 0 Å². The Morgan fingerprint density at radius 3 is 2.08 bits per heavy atom. The molecule has 1 unspecified atom stereocenters. The summed E-state index contributed by atoms with van der Waals surface area (Å²) in [4.78, 5) is 0. The first-order chi connectivity index (χ1) is 17.9. The summed E-state index contributed by atoms with van der Waals surface area (Å²) in [5, 5.41) is 11.9. The van der Waals surface area contributed by atoms with Crippen molar-refractivity contribution in [3.8, 4) is 11.5 Å². The van der Waals surface area contributed by atoms with Crippen LogP contribution in [-0.2, 0) is 19.3 Å². The van der Waals surface area contributed by atoms with Gasteiger partial charge in [0.25, 0.3) is 0 Å². The molecule has 1 atom stereocenters. The second-order valence-electron chi connectivity index (χ2n) is 8.99. The molecule has 0 radical (unpaired) electrons. The summed E-state index contributed by atoms with van der Waals surface area (Å²) >= 11 is 19.2. The Labute approximate surface area is 243 Å². The van der Waals surface area contributed by atoms with Gasteiger partial charge in [-0.3, -0.25) is 0 Å². The molecule has 0 fully saturated rings. The zero-order valence-corrected chi connectivity index (χ0v) is 24.5. The standard InChI is InChI=1S/C15H12BrClO2.C15H12BrClO/c16-11-2-3-13(17)12(8-11)15(18)10-1-4-14-9(7-10)5-6-19-14;16-13-2-3-14(17)12(9-13)8-10-1-4-15-11(7-10)5-6-18-15/h1-4,7-8,15,18H,5-6H2;1-4,7,9H,5-6,8H2. The van der Waals surface area contributed by atoms with E-state index in [-0.39, 0.29) is 0 Å². The minimum absolute atomic E-state index is 0.562. The van der Waals surface area contributed by atoms with Crippen molar-refractivity contribution < 1.29 is 14.6 Å². The number of aliphatic hydroxyl groups is 1. The van der Waals surface area contributed by atoms with E-state index < -0.39 is 6.10 Å². The number of benzene rings is 4. The lowest BCUT2D eigenvalue weighted by molar-refractivity contribution is 0.220. The van der Waals surface area contributed by atoms with E-state index >= 15 is 0 Å². The molecule has 37 heavy (non-hydrogen) atoms. The van der Waals surface area contributed by atoms with Crippen LogP contribution in [-0.4, -0.2) is 18.3 Å². The predicted octanol–water partition coefficient (Wildman–Crippen LogP) is 8.75. The van der Waals surface area contributed by atoms with Gasteiger partial charge in [-0.1, -0.05) is 73.3 Å². The maximum atomic E-state index is 10.5. The van der Waals surface area contributed by atoms with Crippen LogP contribution < -0.4 is 9.47 Å². The van der Waals surface area contributed by atoms with Gasteiger partial charge in [0.05, 0.1) is 13.2 Å². The average Bonchev–Trinajstić information content (AvgIpc) is 3.56. The molecule has 0 amide bonds. The Balaban J connectivity index is 0.000000152. The largest absolute Gasteiger partial charge is 0.493 e. The highest BCUT2D eigenvalue weighted by atomic mass is 79.9. The smallest absolute Gasteiger partial charge is 0.122 e. The van der Waals surface area contributed by atoms with Gasteiger partial charge in [-0.05, 0) is 88.8 Å². The molecule has 2 heterocycles. The van der Waals surface area contributed by atoms with E-state index in [0.29, 0.717) is 17.2 Å². The topological polar surface area (TPSA) is 38.7 Å². The van der Waals surface area contributed by atoms with E-state index in [0.717, 1.165) is 68.0 Å². The van der Waals surface area contributed by atoms with Crippen molar-refractivity contribution in [2.45, 2.75) is 25.4 Å². The second-order valence-corrected chi connectivity index (χ2v) is 11.6. The van der Waals surface area contributed by atoms with Gasteiger partial charge in [-0.25, -0.2) is 0 Å². The highest BCUT2D eigenvalue weighted by Gasteiger charge is 2.18. The van der Waals surface area contributed by atoms with Crippen LogP contribution in [0.2, 0.25) is 10.0 Å². The third kappa shape index (κ3) is 6.35. The fourth-order valence-electron chi connectivity index (χ4n) is 4.53. The molecule has 190 valence electrons. The first-order valence-corrected chi connectivity index (χ1v) is 14.3. The van der Waals surface area contributed by atoms with Crippen LogP contribution in [0.25, 0.3) is 0 Å². The fourth-order valence-corrected chi connectivity index (χ4v) is 5.72. The lowest BCUT2D eigenvalue weighted by Crippen LogP contribution is -2.01. The molecular formula is C30H24Br2Cl2O3. The van der Waals surface area contributed by atoms with Crippen molar-refractivity contribution in [3.05, 3.63) is 125 Å². The molecule has 0 aliphatic carbocycles. The molecule has 7 heteroatoms. The SMILES string of the molecule is Clc1ccc(Br)cc1Cc1ccc2c(c1)CCO2.OC(c1ccc2c(c1)CCO2)c1cc(Br)ccc1Cl. The molecular weight excluding hydrogens is 639 g/mol. The summed E-state index contributed by atoms with van der Waals surface area (Å²) < 4.78 is 12.9. The van der Waals surface area contributed by atoms with Crippen molar-refractivity contribution in [2.75, 3.05) is 13.2 Å². The molecule has 0 saturated carbocycles. The third-order valence-electron chi connectivity index (χ3n) is 6.44. The highest BCUT2D eigenvalue weighted by molar-refractivity contribution is 9.10. The number of ether oxygens (including phenoxy) is 2. The van der Waals surface area contributed by atoms with Crippen LogP contribution in [0.15, 0.2) is 81.7 Å². The Morgan fingerprint density at radius 1 is 0.730 bits per heavy atom. The lowest BCUT2D eigenvalue weighted by Gasteiger charge is -2.14. The first-order valence-electron chi connectivity index (χ1n) is 11.9. The van der Waals surface area contributed by atoms with E-state index in [1.807, 2.05) is 42.5 Å². The minimum atomic E-state index is -0.726. The zero-order valence-electron chi connectivity index (χ0n) is 19.8. The van der Waals surface area contributed by atoms with Gasteiger partial charge in [0.2, 0.25) is 0 Å². The first kappa shape index (κ1) is 26.6. The molecule has 0 bridgehead atoms. The summed E-state index contributed by atoms with van der Waals surface area (Å²) in [7, 11) is 0. The van der Waals surface area contributed by atoms with Gasteiger partial charge in [0.15, 0.2) is 0 Å². The van der Waals surface area contributed by atoms with Gasteiger partial charge in [-0.15, -0.1) is 0 Å². The average molecular weight is 663 g/mol. The van der Waals surface area contributed by atoms with Gasteiger partial charge < -0.3 is 14.6 Å². The van der Waals surface area contributed by atoms with Gasteiger partial charge >= 0.3 is 0 Å². The number of aliphatic hydroxyl groups excluding tert-OH is 1. The van der Waals surface area contributed by atoms with E-state index in [2.05, 4.69) is 56.1 Å².